The van der Waals surface area contributed by atoms with E-state index in [1.165, 1.54) is 19.3 Å². The molecule has 0 radical (unpaired) electrons. The lowest BCUT2D eigenvalue weighted by atomic mass is 9.86. The number of H-pyrrole nitrogens is 1. The van der Waals surface area contributed by atoms with Crippen molar-refractivity contribution in [2.75, 3.05) is 0 Å². The number of aromatic amines is 1. The minimum absolute atomic E-state index is 0.123. The fourth-order valence-corrected chi connectivity index (χ4v) is 2.08. The van der Waals surface area contributed by atoms with E-state index in [1.54, 1.807) is 6.33 Å². The molecule has 1 amide bonds. The standard InChI is InChI=1S/C15H27N3O/c1-5-6-7-8-9-15(3,4)14(19)16-10-13-12(2)17-11-18-13/h11H,5-10H2,1-4H3,(H,16,19)(H,17,18). The second-order valence-electron chi connectivity index (χ2n) is 5.84. The Bertz CT molecular complexity index is 396. The van der Waals surface area contributed by atoms with Crippen LogP contribution in [0.15, 0.2) is 6.33 Å². The van der Waals surface area contributed by atoms with E-state index in [4.69, 9.17) is 0 Å². The third-order valence-electron chi connectivity index (χ3n) is 3.63. The van der Waals surface area contributed by atoms with Crippen LogP contribution in [0.3, 0.4) is 0 Å². The average Bonchev–Trinajstić information content (AvgIpc) is 2.77. The molecule has 1 heterocycles. The molecule has 1 aromatic heterocycles. The van der Waals surface area contributed by atoms with E-state index in [0.717, 1.165) is 24.2 Å². The summed E-state index contributed by atoms with van der Waals surface area (Å²) in [4.78, 5) is 19.4. The minimum atomic E-state index is -0.290. The van der Waals surface area contributed by atoms with Gasteiger partial charge in [0, 0.05) is 5.41 Å². The summed E-state index contributed by atoms with van der Waals surface area (Å²) in [5, 5.41) is 3.00. The Morgan fingerprint density at radius 1 is 1.37 bits per heavy atom. The SMILES string of the molecule is CCCCCCC(C)(C)C(=O)NCc1[nH]cnc1C. The van der Waals surface area contributed by atoms with Gasteiger partial charge in [-0.1, -0.05) is 46.5 Å². The Morgan fingerprint density at radius 3 is 2.68 bits per heavy atom. The molecule has 1 aromatic rings. The molecule has 0 bridgehead atoms. The van der Waals surface area contributed by atoms with Crippen LogP contribution in [0.25, 0.3) is 0 Å². The second-order valence-corrected chi connectivity index (χ2v) is 5.84. The number of aryl methyl sites for hydroxylation is 1. The molecule has 1 rings (SSSR count). The van der Waals surface area contributed by atoms with Gasteiger partial charge >= 0.3 is 0 Å². The lowest BCUT2D eigenvalue weighted by Crippen LogP contribution is -2.36. The normalized spacial score (nSPS) is 11.6. The van der Waals surface area contributed by atoms with Crippen LogP contribution < -0.4 is 5.32 Å². The van der Waals surface area contributed by atoms with Gasteiger partial charge in [-0.2, -0.15) is 0 Å². The van der Waals surface area contributed by atoms with Crippen LogP contribution in [0, 0.1) is 12.3 Å². The molecular weight excluding hydrogens is 238 g/mol. The highest BCUT2D eigenvalue weighted by atomic mass is 16.2. The maximum atomic E-state index is 12.2. The molecule has 0 saturated heterocycles. The fraction of sp³-hybridized carbons (Fsp3) is 0.733. The van der Waals surface area contributed by atoms with Crippen molar-refractivity contribution in [1.29, 1.82) is 0 Å². The number of imidazole rings is 1. The summed E-state index contributed by atoms with van der Waals surface area (Å²) in [5.74, 6) is 0.123. The zero-order valence-corrected chi connectivity index (χ0v) is 12.7. The van der Waals surface area contributed by atoms with Gasteiger partial charge in [-0.05, 0) is 13.3 Å². The molecule has 4 heteroatoms. The first-order valence-electron chi connectivity index (χ1n) is 7.24. The molecule has 108 valence electrons. The Labute approximate surface area is 116 Å². The van der Waals surface area contributed by atoms with Crippen molar-refractivity contribution >= 4 is 5.91 Å². The molecular formula is C15H27N3O. The summed E-state index contributed by atoms with van der Waals surface area (Å²) >= 11 is 0. The van der Waals surface area contributed by atoms with Gasteiger partial charge in [0.1, 0.15) is 0 Å². The number of nitrogens with zero attached hydrogens (tertiary/aromatic N) is 1. The molecule has 19 heavy (non-hydrogen) atoms. The highest BCUT2D eigenvalue weighted by molar-refractivity contribution is 5.81. The van der Waals surface area contributed by atoms with E-state index in [1.807, 2.05) is 20.8 Å². The zero-order chi connectivity index (χ0) is 14.3. The van der Waals surface area contributed by atoms with E-state index < -0.39 is 0 Å². The maximum absolute atomic E-state index is 12.2. The van der Waals surface area contributed by atoms with E-state index in [9.17, 15) is 4.79 Å². The highest BCUT2D eigenvalue weighted by Crippen LogP contribution is 2.24. The van der Waals surface area contributed by atoms with Crippen LogP contribution in [0.4, 0.5) is 0 Å². The predicted octanol–water partition coefficient (Wildman–Crippen LogP) is 3.33. The number of amides is 1. The third kappa shape index (κ3) is 5.05. The first-order chi connectivity index (χ1) is 8.97. The molecule has 2 N–H and O–H groups in total. The molecule has 0 fully saturated rings. The Hall–Kier alpha value is -1.32. The number of carbonyl (C=O) groups is 1. The molecule has 0 aliphatic carbocycles. The Balaban J connectivity index is 2.36. The van der Waals surface area contributed by atoms with Crippen molar-refractivity contribution in [3.05, 3.63) is 17.7 Å². The molecule has 4 nitrogen and oxygen atoms in total. The van der Waals surface area contributed by atoms with Crippen molar-refractivity contribution < 1.29 is 4.79 Å². The van der Waals surface area contributed by atoms with E-state index in [2.05, 4.69) is 22.2 Å². The van der Waals surface area contributed by atoms with Crippen molar-refractivity contribution in [3.63, 3.8) is 0 Å². The first-order valence-corrected chi connectivity index (χ1v) is 7.24. The summed E-state index contributed by atoms with van der Waals surface area (Å²) in [5.41, 5.74) is 1.64. The van der Waals surface area contributed by atoms with Crippen LogP contribution >= 0.6 is 0 Å². The van der Waals surface area contributed by atoms with Gasteiger partial charge in [0.25, 0.3) is 0 Å². The molecule has 0 saturated carbocycles. The molecule has 0 aliphatic heterocycles. The van der Waals surface area contributed by atoms with Gasteiger partial charge < -0.3 is 10.3 Å². The van der Waals surface area contributed by atoms with Crippen molar-refractivity contribution in [1.82, 2.24) is 15.3 Å². The second kappa shape index (κ2) is 7.31. The highest BCUT2D eigenvalue weighted by Gasteiger charge is 2.26. The van der Waals surface area contributed by atoms with E-state index in [-0.39, 0.29) is 11.3 Å². The lowest BCUT2D eigenvalue weighted by Gasteiger charge is -2.23. The first kappa shape index (κ1) is 15.7. The van der Waals surface area contributed by atoms with Crippen molar-refractivity contribution in [2.45, 2.75) is 66.3 Å². The fourth-order valence-electron chi connectivity index (χ4n) is 2.08. The largest absolute Gasteiger partial charge is 0.350 e. The molecule has 0 spiro atoms. The van der Waals surface area contributed by atoms with Crippen LogP contribution in [0.5, 0.6) is 0 Å². The Morgan fingerprint density at radius 2 is 2.11 bits per heavy atom. The Kier molecular flexibility index (Phi) is 6.06. The summed E-state index contributed by atoms with van der Waals surface area (Å²) in [6, 6.07) is 0. The smallest absolute Gasteiger partial charge is 0.225 e. The van der Waals surface area contributed by atoms with Gasteiger partial charge in [0.05, 0.1) is 24.3 Å². The van der Waals surface area contributed by atoms with Crippen molar-refractivity contribution in [2.24, 2.45) is 5.41 Å². The quantitative estimate of drug-likeness (QED) is 0.708. The van der Waals surface area contributed by atoms with Crippen LogP contribution in [0.1, 0.15) is 64.3 Å². The van der Waals surface area contributed by atoms with Gasteiger partial charge in [-0.15, -0.1) is 0 Å². The topological polar surface area (TPSA) is 57.8 Å². The van der Waals surface area contributed by atoms with Gasteiger partial charge in [-0.3, -0.25) is 4.79 Å². The number of hydrogen-bond acceptors (Lipinski definition) is 2. The van der Waals surface area contributed by atoms with Crippen molar-refractivity contribution in [3.8, 4) is 0 Å². The summed E-state index contributed by atoms with van der Waals surface area (Å²) in [6.07, 6.45) is 7.43. The number of hydrogen-bond donors (Lipinski definition) is 2. The predicted molar refractivity (Wildman–Crippen MR) is 77.7 cm³/mol. The molecule has 0 unspecified atom stereocenters. The third-order valence-corrected chi connectivity index (χ3v) is 3.63. The summed E-state index contributed by atoms with van der Waals surface area (Å²) in [6.45, 7) is 8.71. The number of rotatable bonds is 8. The molecule has 0 atom stereocenters. The van der Waals surface area contributed by atoms with Gasteiger partial charge in [0.15, 0.2) is 0 Å². The zero-order valence-electron chi connectivity index (χ0n) is 12.7. The number of aromatic nitrogens is 2. The average molecular weight is 265 g/mol. The van der Waals surface area contributed by atoms with Crippen LogP contribution in [-0.4, -0.2) is 15.9 Å². The molecule has 0 aromatic carbocycles. The molecule has 0 aliphatic rings. The monoisotopic (exact) mass is 265 g/mol. The van der Waals surface area contributed by atoms with Crippen LogP contribution in [0.2, 0.25) is 0 Å². The van der Waals surface area contributed by atoms with Crippen LogP contribution in [-0.2, 0) is 11.3 Å². The number of unbranched alkanes of at least 4 members (excludes halogenated alkanes) is 3. The number of carbonyl (C=O) groups excluding carboxylic acids is 1. The lowest BCUT2D eigenvalue weighted by molar-refractivity contribution is -0.129. The summed E-state index contributed by atoms with van der Waals surface area (Å²) in [7, 11) is 0. The van der Waals surface area contributed by atoms with Gasteiger partial charge in [0.2, 0.25) is 5.91 Å². The van der Waals surface area contributed by atoms with E-state index in [0.29, 0.717) is 6.54 Å². The summed E-state index contributed by atoms with van der Waals surface area (Å²) < 4.78 is 0. The van der Waals surface area contributed by atoms with Gasteiger partial charge in [-0.25, -0.2) is 4.98 Å². The number of nitrogens with one attached hydrogen (secondary N) is 2. The van der Waals surface area contributed by atoms with E-state index >= 15 is 0 Å². The minimum Gasteiger partial charge on any atom is -0.350 e. The maximum Gasteiger partial charge on any atom is 0.225 e.